The lowest BCUT2D eigenvalue weighted by Gasteiger charge is -2.11. The van der Waals surface area contributed by atoms with E-state index in [4.69, 9.17) is 12.3 Å². The molecule has 0 N–H and O–H groups in total. The standard InChI is InChI=1S/C36H24N2/c1-2-11-25(12-3-1)26-13-10-14-27(23-26)37-35-20-9-6-17-31(35)32-24-28(21-22-36(32)37)38-33-18-7-4-15-29(33)30-16-5-8-19-34(30)38/h1-24H/i1D,2D,3D,4D,7D,11D,12D,15D,18D. The second-order valence-electron chi connectivity index (χ2n) is 9.18. The van der Waals surface area contributed by atoms with Gasteiger partial charge in [-0.05, 0) is 59.6 Å². The number of nitrogens with zero attached hydrogens (tertiary/aromatic N) is 2. The molecule has 0 unspecified atom stereocenters. The Hall–Kier alpha value is -5.08. The van der Waals surface area contributed by atoms with Crippen molar-refractivity contribution in [3.05, 3.63) is 145 Å². The third-order valence-electron chi connectivity index (χ3n) is 7.11. The van der Waals surface area contributed by atoms with Crippen molar-refractivity contribution in [3.8, 4) is 22.5 Å². The Morgan fingerprint density at radius 2 is 1.03 bits per heavy atom. The van der Waals surface area contributed by atoms with Crippen LogP contribution in [0.4, 0.5) is 0 Å². The average molecular weight is 494 g/mol. The summed E-state index contributed by atoms with van der Waals surface area (Å²) in [5.74, 6) is 0. The van der Waals surface area contributed by atoms with Gasteiger partial charge in [-0.2, -0.15) is 0 Å². The minimum atomic E-state index is -0.433. The molecule has 0 bridgehead atoms. The molecule has 0 saturated carbocycles. The second-order valence-corrected chi connectivity index (χ2v) is 9.18. The van der Waals surface area contributed by atoms with Gasteiger partial charge in [-0.25, -0.2) is 0 Å². The summed E-state index contributed by atoms with van der Waals surface area (Å²) in [5, 5.41) is 3.08. The van der Waals surface area contributed by atoms with Gasteiger partial charge in [-0.1, -0.05) is 96.9 Å². The van der Waals surface area contributed by atoms with Gasteiger partial charge in [0.15, 0.2) is 0 Å². The van der Waals surface area contributed by atoms with Gasteiger partial charge in [-0.3, -0.25) is 0 Å². The van der Waals surface area contributed by atoms with E-state index in [2.05, 4.69) is 4.57 Å². The fraction of sp³-hybridized carbons (Fsp3) is 0. The van der Waals surface area contributed by atoms with Gasteiger partial charge in [-0.15, -0.1) is 0 Å². The molecule has 2 nitrogen and oxygen atoms in total. The molecular weight excluding hydrogens is 460 g/mol. The minimum absolute atomic E-state index is 0.0763. The molecule has 38 heavy (non-hydrogen) atoms. The molecule has 0 amide bonds. The van der Waals surface area contributed by atoms with Crippen LogP contribution in [0.15, 0.2) is 145 Å². The number of fused-ring (bicyclic) bond motifs is 6. The molecular formula is C36H24N2. The van der Waals surface area contributed by atoms with Gasteiger partial charge < -0.3 is 9.13 Å². The van der Waals surface area contributed by atoms with E-state index in [1.165, 1.54) is 0 Å². The van der Waals surface area contributed by atoms with E-state index in [0.29, 0.717) is 16.5 Å². The lowest BCUT2D eigenvalue weighted by molar-refractivity contribution is 1.17. The Kier molecular flexibility index (Phi) is 3.03. The number of rotatable bonds is 3. The SMILES string of the molecule is [2H]c1c([2H])c([2H])c(-c2cccc(-n3c4ccccc4c4cc(-n5c6ccccc6c6c([2H])c([2H])c([2H])c([2H])c65)ccc43)c2)c([2H])c1[2H]. The van der Waals surface area contributed by atoms with E-state index in [-0.39, 0.29) is 53.9 Å². The van der Waals surface area contributed by atoms with Gasteiger partial charge in [0.2, 0.25) is 0 Å². The highest BCUT2D eigenvalue weighted by atomic mass is 15.0. The van der Waals surface area contributed by atoms with Crippen molar-refractivity contribution < 1.29 is 12.3 Å². The van der Waals surface area contributed by atoms with Crippen molar-refractivity contribution in [1.82, 2.24) is 9.13 Å². The highest BCUT2D eigenvalue weighted by Crippen LogP contribution is 2.37. The van der Waals surface area contributed by atoms with E-state index < -0.39 is 6.04 Å². The van der Waals surface area contributed by atoms with Gasteiger partial charge in [0, 0.05) is 32.9 Å². The van der Waals surface area contributed by atoms with Crippen LogP contribution in [0.2, 0.25) is 0 Å². The normalized spacial score (nSPS) is 15.0. The highest BCUT2D eigenvalue weighted by molar-refractivity contribution is 6.12. The Morgan fingerprint density at radius 3 is 1.84 bits per heavy atom. The van der Waals surface area contributed by atoms with Gasteiger partial charge >= 0.3 is 0 Å². The van der Waals surface area contributed by atoms with Crippen molar-refractivity contribution in [1.29, 1.82) is 0 Å². The summed E-state index contributed by atoms with van der Waals surface area (Å²) in [4.78, 5) is 0. The third-order valence-corrected chi connectivity index (χ3v) is 7.11. The van der Waals surface area contributed by atoms with Crippen molar-refractivity contribution >= 4 is 43.6 Å². The van der Waals surface area contributed by atoms with E-state index in [9.17, 15) is 0 Å². The van der Waals surface area contributed by atoms with Crippen LogP contribution in [-0.4, -0.2) is 9.13 Å². The molecule has 6 aromatic carbocycles. The van der Waals surface area contributed by atoms with Crippen molar-refractivity contribution in [2.24, 2.45) is 0 Å². The summed E-state index contributed by atoms with van der Waals surface area (Å²) in [7, 11) is 0. The largest absolute Gasteiger partial charge is 0.309 e. The number of benzene rings is 6. The van der Waals surface area contributed by atoms with E-state index in [1.54, 1.807) is 6.07 Å². The molecule has 2 heterocycles. The molecule has 0 atom stereocenters. The summed E-state index contributed by atoms with van der Waals surface area (Å²) < 4.78 is 79.6. The lowest BCUT2D eigenvalue weighted by atomic mass is 10.1. The zero-order valence-electron chi connectivity index (χ0n) is 29.1. The molecule has 2 aromatic heterocycles. The maximum absolute atomic E-state index is 8.84. The zero-order valence-corrected chi connectivity index (χ0v) is 20.1. The van der Waals surface area contributed by atoms with Crippen LogP contribution in [0.25, 0.3) is 66.1 Å². The van der Waals surface area contributed by atoms with Crippen LogP contribution in [0.3, 0.4) is 0 Å². The van der Waals surface area contributed by atoms with Gasteiger partial charge in [0.25, 0.3) is 0 Å². The number of hydrogen-bond donors (Lipinski definition) is 0. The molecule has 0 saturated heterocycles. The van der Waals surface area contributed by atoms with Crippen molar-refractivity contribution in [2.45, 2.75) is 0 Å². The fourth-order valence-corrected chi connectivity index (χ4v) is 5.51. The Morgan fingerprint density at radius 1 is 0.395 bits per heavy atom. The predicted octanol–water partition coefficient (Wildman–Crippen LogP) is 9.55. The van der Waals surface area contributed by atoms with Crippen LogP contribution in [0.5, 0.6) is 0 Å². The summed E-state index contributed by atoms with van der Waals surface area (Å²) in [6.45, 7) is 0. The van der Waals surface area contributed by atoms with E-state index in [0.717, 1.165) is 44.1 Å². The Balaban J connectivity index is 1.40. The first kappa shape index (κ1) is 14.0. The number of para-hydroxylation sites is 3. The summed E-state index contributed by atoms with van der Waals surface area (Å²) in [6, 6.07) is 26.3. The molecule has 8 rings (SSSR count). The molecule has 0 aliphatic heterocycles. The highest BCUT2D eigenvalue weighted by Gasteiger charge is 2.16. The first-order chi connectivity index (χ1) is 22.6. The predicted molar refractivity (Wildman–Crippen MR) is 161 cm³/mol. The molecule has 0 aliphatic rings. The van der Waals surface area contributed by atoms with E-state index in [1.807, 2.05) is 89.5 Å². The van der Waals surface area contributed by atoms with Crippen LogP contribution in [0, 0.1) is 0 Å². The molecule has 8 aromatic rings. The number of aromatic nitrogens is 2. The minimum Gasteiger partial charge on any atom is -0.309 e. The maximum Gasteiger partial charge on any atom is 0.0645 e. The second kappa shape index (κ2) is 8.22. The van der Waals surface area contributed by atoms with Crippen LogP contribution < -0.4 is 0 Å². The quantitative estimate of drug-likeness (QED) is 0.232. The Labute approximate surface area is 233 Å². The summed E-state index contributed by atoms with van der Waals surface area (Å²) >= 11 is 0. The Bertz CT molecular complexity index is 2610. The first-order valence-corrected chi connectivity index (χ1v) is 12.3. The monoisotopic (exact) mass is 493 g/mol. The van der Waals surface area contributed by atoms with Gasteiger partial charge in [0.1, 0.15) is 0 Å². The smallest absolute Gasteiger partial charge is 0.0645 e. The molecule has 0 fully saturated rings. The molecule has 178 valence electrons. The number of hydrogen-bond acceptors (Lipinski definition) is 0. The van der Waals surface area contributed by atoms with Crippen LogP contribution in [0.1, 0.15) is 12.3 Å². The van der Waals surface area contributed by atoms with Gasteiger partial charge in [0.05, 0.1) is 34.4 Å². The lowest BCUT2D eigenvalue weighted by Crippen LogP contribution is -1.96. The molecule has 0 radical (unpaired) electrons. The zero-order chi connectivity index (χ0) is 32.9. The molecule has 0 aliphatic carbocycles. The van der Waals surface area contributed by atoms with Crippen LogP contribution in [-0.2, 0) is 0 Å². The topological polar surface area (TPSA) is 9.86 Å². The fourth-order valence-electron chi connectivity index (χ4n) is 5.51. The third kappa shape index (κ3) is 3.07. The van der Waals surface area contributed by atoms with Crippen molar-refractivity contribution in [2.75, 3.05) is 0 Å². The molecule has 0 spiro atoms. The van der Waals surface area contributed by atoms with Crippen molar-refractivity contribution in [3.63, 3.8) is 0 Å². The average Bonchev–Trinajstić information content (AvgIpc) is 3.61. The maximum atomic E-state index is 8.84. The first-order valence-electron chi connectivity index (χ1n) is 16.8. The van der Waals surface area contributed by atoms with Crippen LogP contribution >= 0.6 is 0 Å². The van der Waals surface area contributed by atoms with E-state index >= 15 is 0 Å². The molecule has 2 heteroatoms. The summed E-state index contributed by atoms with van der Waals surface area (Å²) in [5.41, 5.74) is 5.08. The summed E-state index contributed by atoms with van der Waals surface area (Å²) in [6.07, 6.45) is 0.